The first kappa shape index (κ1) is 23.4. The number of aromatic nitrogens is 4. The molecule has 0 aliphatic heterocycles. The first-order valence-corrected chi connectivity index (χ1v) is 12.4. The number of carboxylic acids is 1. The molecule has 1 saturated carbocycles. The molecule has 180 valence electrons. The van der Waals surface area contributed by atoms with Crippen LogP contribution in [0, 0.1) is 5.92 Å². The second-order valence-corrected chi connectivity index (χ2v) is 9.69. The molecule has 0 radical (unpaired) electrons. The molecule has 1 fully saturated rings. The summed E-state index contributed by atoms with van der Waals surface area (Å²) in [6.45, 7) is 0. The number of rotatable bonds is 6. The molecular formula is C26H26BrN5O3. The van der Waals surface area contributed by atoms with Crippen LogP contribution in [-0.4, -0.2) is 43.9 Å². The van der Waals surface area contributed by atoms with Crippen LogP contribution in [0.15, 0.2) is 59.3 Å². The minimum atomic E-state index is -0.906. The van der Waals surface area contributed by atoms with Gasteiger partial charge in [0.25, 0.3) is 0 Å². The first-order chi connectivity index (χ1) is 17.0. The summed E-state index contributed by atoms with van der Waals surface area (Å²) in [5, 5.41) is 13.9. The summed E-state index contributed by atoms with van der Waals surface area (Å²) in [6, 6.07) is 14.0. The van der Waals surface area contributed by atoms with Crippen molar-refractivity contribution in [1.29, 1.82) is 0 Å². The lowest BCUT2D eigenvalue weighted by Gasteiger charge is -2.31. The summed E-state index contributed by atoms with van der Waals surface area (Å²) in [7, 11) is 1.46. The molecule has 1 aliphatic carbocycles. The standard InChI is InChI=1S/C26H26BrN5O3/c1-35-23(26(33)34)17-9-7-16(8-10-17)22-21(27)24(28)32-25(31-22)19(14-30-32)18-11-12-20(29-13-18)15-5-3-2-4-6-15/h2-6,11-14,16-17,23H,7-10,28H2,1H3,(H,33,34)/t16-,17-,23-/m1/s1. The van der Waals surface area contributed by atoms with Crippen LogP contribution < -0.4 is 5.73 Å². The first-order valence-electron chi connectivity index (χ1n) is 11.6. The molecule has 9 heteroatoms. The van der Waals surface area contributed by atoms with E-state index in [1.54, 1.807) is 10.7 Å². The Labute approximate surface area is 211 Å². The molecule has 5 rings (SSSR count). The maximum Gasteiger partial charge on any atom is 0.333 e. The van der Waals surface area contributed by atoms with Gasteiger partial charge in [-0.2, -0.15) is 9.61 Å². The molecule has 3 aromatic heterocycles. The average molecular weight is 536 g/mol. The van der Waals surface area contributed by atoms with Gasteiger partial charge in [0.15, 0.2) is 11.8 Å². The number of carbonyl (C=O) groups is 1. The van der Waals surface area contributed by atoms with Gasteiger partial charge in [-0.1, -0.05) is 36.4 Å². The number of hydrogen-bond acceptors (Lipinski definition) is 6. The molecule has 3 heterocycles. The zero-order valence-corrected chi connectivity index (χ0v) is 20.9. The number of nitrogen functional groups attached to an aromatic ring is 1. The van der Waals surface area contributed by atoms with Gasteiger partial charge in [-0.05, 0) is 53.6 Å². The second kappa shape index (κ2) is 9.75. The number of nitrogens with zero attached hydrogens (tertiary/aromatic N) is 4. The molecule has 3 N–H and O–H groups in total. The molecule has 4 aromatic rings. The quantitative estimate of drug-likeness (QED) is 0.349. The van der Waals surface area contributed by atoms with Gasteiger partial charge in [-0.15, -0.1) is 0 Å². The predicted octanol–water partition coefficient (Wildman–Crippen LogP) is 5.18. The molecule has 8 nitrogen and oxygen atoms in total. The fourth-order valence-corrected chi connectivity index (χ4v) is 5.59. The van der Waals surface area contributed by atoms with Crippen LogP contribution in [0.5, 0.6) is 0 Å². The average Bonchev–Trinajstić information content (AvgIpc) is 3.32. The van der Waals surface area contributed by atoms with Crippen LogP contribution >= 0.6 is 15.9 Å². The minimum Gasteiger partial charge on any atom is -0.479 e. The molecule has 1 aliphatic rings. The third-order valence-electron chi connectivity index (χ3n) is 6.88. The number of benzene rings is 1. The summed E-state index contributed by atoms with van der Waals surface area (Å²) >= 11 is 3.64. The van der Waals surface area contributed by atoms with Crippen molar-refractivity contribution < 1.29 is 14.6 Å². The topological polar surface area (TPSA) is 116 Å². The molecule has 1 aromatic carbocycles. The third-order valence-corrected chi connectivity index (χ3v) is 7.69. The Balaban J connectivity index is 1.45. The molecule has 0 bridgehead atoms. The van der Waals surface area contributed by atoms with E-state index in [-0.39, 0.29) is 11.8 Å². The third kappa shape index (κ3) is 4.41. The highest BCUT2D eigenvalue weighted by atomic mass is 79.9. The highest BCUT2D eigenvalue weighted by molar-refractivity contribution is 9.10. The molecule has 0 spiro atoms. The van der Waals surface area contributed by atoms with Gasteiger partial charge >= 0.3 is 5.97 Å². The van der Waals surface area contributed by atoms with Gasteiger partial charge in [-0.3, -0.25) is 4.98 Å². The Morgan fingerprint density at radius 2 is 1.86 bits per heavy atom. The van der Waals surface area contributed by atoms with E-state index >= 15 is 0 Å². The molecule has 1 atom stereocenters. The van der Waals surface area contributed by atoms with E-state index in [1.165, 1.54) is 7.11 Å². The Kier molecular flexibility index (Phi) is 6.53. The lowest BCUT2D eigenvalue weighted by atomic mass is 9.78. The molecule has 0 unspecified atom stereocenters. The van der Waals surface area contributed by atoms with E-state index < -0.39 is 12.1 Å². The van der Waals surface area contributed by atoms with Gasteiger partial charge in [-0.25, -0.2) is 9.78 Å². The van der Waals surface area contributed by atoms with Crippen molar-refractivity contribution in [1.82, 2.24) is 19.6 Å². The second-order valence-electron chi connectivity index (χ2n) is 8.89. The number of methoxy groups -OCH3 is 1. The van der Waals surface area contributed by atoms with Crippen LogP contribution in [0.4, 0.5) is 5.82 Å². The fraction of sp³-hybridized carbons (Fsp3) is 0.308. The van der Waals surface area contributed by atoms with E-state index in [0.717, 1.165) is 58.2 Å². The molecule has 0 amide bonds. The zero-order valence-electron chi connectivity index (χ0n) is 19.3. The van der Waals surface area contributed by atoms with Crippen LogP contribution in [-0.2, 0) is 9.53 Å². The number of fused-ring (bicyclic) bond motifs is 1. The molecular weight excluding hydrogens is 510 g/mol. The predicted molar refractivity (Wildman–Crippen MR) is 137 cm³/mol. The lowest BCUT2D eigenvalue weighted by molar-refractivity contribution is -0.152. The van der Waals surface area contributed by atoms with E-state index in [1.807, 2.05) is 48.7 Å². The number of halogens is 1. The number of aliphatic carboxylic acids is 1. The van der Waals surface area contributed by atoms with Gasteiger partial charge in [0.05, 0.1) is 22.1 Å². The van der Waals surface area contributed by atoms with Crippen molar-refractivity contribution in [3.05, 3.63) is 65.0 Å². The van der Waals surface area contributed by atoms with E-state index in [0.29, 0.717) is 11.5 Å². The number of hydrogen-bond donors (Lipinski definition) is 2. The molecule has 0 saturated heterocycles. The number of pyridine rings is 1. The largest absolute Gasteiger partial charge is 0.479 e. The number of carboxylic acid groups (broad SMARTS) is 1. The summed E-state index contributed by atoms with van der Waals surface area (Å²) < 4.78 is 7.60. The summed E-state index contributed by atoms with van der Waals surface area (Å²) in [5.74, 6) is -0.252. The molecule has 35 heavy (non-hydrogen) atoms. The van der Waals surface area contributed by atoms with Crippen LogP contribution in [0.25, 0.3) is 28.0 Å². The van der Waals surface area contributed by atoms with Crippen molar-refractivity contribution in [2.45, 2.75) is 37.7 Å². The SMILES string of the molecule is CO[C@@H](C(=O)O)[C@H]1CC[C@H](c2nc3c(-c4ccc(-c5ccccc5)nc4)cnn3c(N)c2Br)CC1. The summed E-state index contributed by atoms with van der Waals surface area (Å²) in [5.41, 5.74) is 11.7. The van der Waals surface area contributed by atoms with Gasteiger partial charge < -0.3 is 15.6 Å². The lowest BCUT2D eigenvalue weighted by Crippen LogP contribution is -2.34. The number of anilines is 1. The number of ether oxygens (including phenoxy) is 1. The maximum atomic E-state index is 11.5. The minimum absolute atomic E-state index is 0.00617. The van der Waals surface area contributed by atoms with Crippen molar-refractivity contribution in [3.63, 3.8) is 0 Å². The Morgan fingerprint density at radius 1 is 1.11 bits per heavy atom. The van der Waals surface area contributed by atoms with Gasteiger partial charge in [0.2, 0.25) is 0 Å². The highest BCUT2D eigenvalue weighted by Crippen LogP contribution is 2.41. The van der Waals surface area contributed by atoms with Crippen LogP contribution in [0.2, 0.25) is 0 Å². The monoisotopic (exact) mass is 535 g/mol. The number of nitrogens with two attached hydrogens (primary N) is 1. The van der Waals surface area contributed by atoms with Crippen molar-refractivity contribution in [2.75, 3.05) is 12.8 Å². The summed E-state index contributed by atoms with van der Waals surface area (Å²) in [4.78, 5) is 21.1. The Morgan fingerprint density at radius 3 is 2.49 bits per heavy atom. The van der Waals surface area contributed by atoms with Gasteiger partial charge in [0.1, 0.15) is 5.82 Å². The van der Waals surface area contributed by atoms with E-state index in [9.17, 15) is 9.90 Å². The van der Waals surface area contributed by atoms with Gasteiger partial charge in [0, 0.05) is 35.9 Å². The van der Waals surface area contributed by atoms with E-state index in [4.69, 9.17) is 15.5 Å². The summed E-state index contributed by atoms with van der Waals surface area (Å²) in [6.07, 6.45) is 5.97. The van der Waals surface area contributed by atoms with Crippen LogP contribution in [0.3, 0.4) is 0 Å². The Bertz CT molecular complexity index is 1350. The smallest absolute Gasteiger partial charge is 0.333 e. The van der Waals surface area contributed by atoms with Crippen molar-refractivity contribution in [2.24, 2.45) is 5.92 Å². The fourth-order valence-electron chi connectivity index (χ4n) is 5.01. The van der Waals surface area contributed by atoms with Crippen molar-refractivity contribution >= 4 is 33.4 Å². The Hall–Kier alpha value is -3.30. The highest BCUT2D eigenvalue weighted by Gasteiger charge is 2.34. The van der Waals surface area contributed by atoms with E-state index in [2.05, 4.69) is 26.0 Å². The zero-order chi connectivity index (χ0) is 24.5. The maximum absolute atomic E-state index is 11.5. The van der Waals surface area contributed by atoms with Crippen molar-refractivity contribution in [3.8, 4) is 22.4 Å². The normalized spacial score (nSPS) is 19.0. The van der Waals surface area contributed by atoms with Crippen LogP contribution in [0.1, 0.15) is 37.3 Å².